The Bertz CT molecular complexity index is 1230. The number of amides is 3. The van der Waals surface area contributed by atoms with E-state index in [-0.39, 0.29) is 48.3 Å². The van der Waals surface area contributed by atoms with Gasteiger partial charge in [0.2, 0.25) is 17.7 Å². The van der Waals surface area contributed by atoms with Crippen LogP contribution in [-0.4, -0.2) is 37.3 Å². The highest BCUT2D eigenvalue weighted by molar-refractivity contribution is 6.22. The highest BCUT2D eigenvalue weighted by Gasteiger charge is 2.48. The van der Waals surface area contributed by atoms with Gasteiger partial charge >= 0.3 is 5.97 Å². The molecule has 0 aromatic heterocycles. The van der Waals surface area contributed by atoms with Crippen molar-refractivity contribution < 1.29 is 28.7 Å². The average Bonchev–Trinajstić information content (AvgIpc) is 3.36. The number of hydrogen-bond donors (Lipinski definition) is 0. The van der Waals surface area contributed by atoms with Crippen molar-refractivity contribution in [3.63, 3.8) is 0 Å². The van der Waals surface area contributed by atoms with E-state index in [9.17, 15) is 19.2 Å². The van der Waals surface area contributed by atoms with Gasteiger partial charge in [0.25, 0.3) is 0 Å². The number of fused-ring (bicyclic) bond motifs is 1. The number of carbonyl (C=O) groups is 4. The van der Waals surface area contributed by atoms with Crippen LogP contribution in [0.4, 0.5) is 11.4 Å². The van der Waals surface area contributed by atoms with Crippen molar-refractivity contribution >= 4 is 35.1 Å². The lowest BCUT2D eigenvalue weighted by Crippen LogP contribution is -2.30. The molecule has 2 aromatic rings. The Morgan fingerprint density at radius 3 is 2.40 bits per heavy atom. The van der Waals surface area contributed by atoms with E-state index in [4.69, 9.17) is 9.47 Å². The molecule has 5 rings (SSSR count). The van der Waals surface area contributed by atoms with E-state index in [1.807, 2.05) is 19.1 Å². The van der Waals surface area contributed by atoms with E-state index in [1.165, 1.54) is 16.9 Å². The average molecular weight is 475 g/mol. The van der Waals surface area contributed by atoms with Gasteiger partial charge in [0.05, 0.1) is 36.2 Å². The van der Waals surface area contributed by atoms with Gasteiger partial charge in [-0.05, 0) is 56.2 Å². The molecule has 3 aliphatic rings. The number of esters is 1. The number of anilines is 2. The summed E-state index contributed by atoms with van der Waals surface area (Å²) in [6.45, 7) is 2.18. The first kappa shape index (κ1) is 22.8. The Labute approximate surface area is 203 Å². The molecule has 2 aromatic carbocycles. The summed E-state index contributed by atoms with van der Waals surface area (Å²) < 4.78 is 10.9. The molecule has 8 heteroatoms. The van der Waals surface area contributed by atoms with E-state index in [0.29, 0.717) is 30.0 Å². The van der Waals surface area contributed by atoms with Gasteiger partial charge in [0.1, 0.15) is 11.5 Å². The first-order valence-corrected chi connectivity index (χ1v) is 11.7. The summed E-state index contributed by atoms with van der Waals surface area (Å²) in [5.74, 6) is -1.45. The molecule has 0 bridgehead atoms. The summed E-state index contributed by atoms with van der Waals surface area (Å²) in [5.41, 5.74) is 2.21. The number of ether oxygens (including phenoxy) is 2. The predicted octanol–water partition coefficient (Wildman–Crippen LogP) is 3.50. The van der Waals surface area contributed by atoms with E-state index < -0.39 is 11.9 Å². The second kappa shape index (κ2) is 9.02. The molecule has 0 unspecified atom stereocenters. The Morgan fingerprint density at radius 2 is 1.66 bits per heavy atom. The van der Waals surface area contributed by atoms with Gasteiger partial charge < -0.3 is 14.4 Å². The summed E-state index contributed by atoms with van der Waals surface area (Å²) in [5, 5.41) is 0. The van der Waals surface area contributed by atoms with Crippen molar-refractivity contribution in [1.29, 1.82) is 0 Å². The maximum Gasteiger partial charge on any atom is 0.316 e. The lowest BCUT2D eigenvalue weighted by molar-refractivity contribution is -0.139. The SMILES string of the molecule is COc1ccccc1N1C[C@H](C(=O)Oc2ccc(N3C(=O)[C@H]4CC=C(C)C[C@H]4C3=O)cc2)CC1=O. The molecule has 3 amide bonds. The summed E-state index contributed by atoms with van der Waals surface area (Å²) in [6, 6.07) is 13.5. The Balaban J connectivity index is 1.25. The Hall–Kier alpha value is -3.94. The number of nitrogens with zero attached hydrogens (tertiary/aromatic N) is 2. The zero-order valence-corrected chi connectivity index (χ0v) is 19.6. The fourth-order valence-electron chi connectivity index (χ4n) is 5.11. The fourth-order valence-corrected chi connectivity index (χ4v) is 5.11. The van der Waals surface area contributed by atoms with Crippen LogP contribution in [0.5, 0.6) is 11.5 Å². The zero-order chi connectivity index (χ0) is 24.7. The second-order valence-corrected chi connectivity index (χ2v) is 9.21. The first-order chi connectivity index (χ1) is 16.9. The van der Waals surface area contributed by atoms with Crippen molar-refractivity contribution in [2.45, 2.75) is 26.2 Å². The molecule has 180 valence electrons. The van der Waals surface area contributed by atoms with E-state index in [2.05, 4.69) is 0 Å². The third-order valence-corrected chi connectivity index (χ3v) is 6.97. The van der Waals surface area contributed by atoms with Gasteiger partial charge in [0, 0.05) is 13.0 Å². The van der Waals surface area contributed by atoms with Crippen molar-refractivity contribution in [1.82, 2.24) is 0 Å². The van der Waals surface area contributed by atoms with Crippen LogP contribution >= 0.6 is 0 Å². The van der Waals surface area contributed by atoms with E-state index in [1.54, 1.807) is 42.5 Å². The Kier molecular flexibility index (Phi) is 5.88. The number of benzene rings is 2. The third-order valence-electron chi connectivity index (χ3n) is 6.97. The third kappa shape index (κ3) is 4.09. The maximum atomic E-state index is 12.9. The largest absolute Gasteiger partial charge is 0.495 e. The molecule has 3 atom stereocenters. The number of hydrogen-bond acceptors (Lipinski definition) is 6. The van der Waals surface area contributed by atoms with Crippen molar-refractivity contribution in [3.05, 3.63) is 60.2 Å². The van der Waals surface area contributed by atoms with Crippen LogP contribution in [-0.2, 0) is 19.2 Å². The molecular formula is C27H26N2O6. The molecule has 2 aliphatic heterocycles. The molecular weight excluding hydrogens is 448 g/mol. The molecule has 0 N–H and O–H groups in total. The van der Waals surface area contributed by atoms with Gasteiger partial charge in [-0.25, -0.2) is 0 Å². The molecule has 2 saturated heterocycles. The predicted molar refractivity (Wildman–Crippen MR) is 128 cm³/mol. The minimum atomic E-state index is -0.618. The monoisotopic (exact) mass is 474 g/mol. The van der Waals surface area contributed by atoms with E-state index >= 15 is 0 Å². The van der Waals surface area contributed by atoms with E-state index in [0.717, 1.165) is 5.57 Å². The minimum absolute atomic E-state index is 0.0436. The molecule has 2 heterocycles. The summed E-state index contributed by atoms with van der Waals surface area (Å²) >= 11 is 0. The number of carbonyl (C=O) groups excluding carboxylic acids is 4. The second-order valence-electron chi connectivity index (χ2n) is 9.21. The summed E-state index contributed by atoms with van der Waals surface area (Å²) in [4.78, 5) is 53.9. The van der Waals surface area contributed by atoms with Crippen molar-refractivity contribution in [2.75, 3.05) is 23.5 Å². The molecule has 0 saturated carbocycles. The van der Waals surface area contributed by atoms with Crippen LogP contribution in [0.25, 0.3) is 0 Å². The number of methoxy groups -OCH3 is 1. The number of para-hydroxylation sites is 2. The molecule has 2 fully saturated rings. The highest BCUT2D eigenvalue weighted by atomic mass is 16.5. The van der Waals surface area contributed by atoms with Crippen LogP contribution in [0.15, 0.2) is 60.2 Å². The van der Waals surface area contributed by atoms with Crippen LogP contribution in [0.2, 0.25) is 0 Å². The molecule has 35 heavy (non-hydrogen) atoms. The Morgan fingerprint density at radius 1 is 0.943 bits per heavy atom. The quantitative estimate of drug-likeness (QED) is 0.285. The standard InChI is InChI=1S/C27H26N2O6/c1-16-7-12-20-21(13-16)26(32)29(25(20)31)18-8-10-19(11-9-18)35-27(33)17-14-24(30)28(15-17)22-5-3-4-6-23(22)34-2/h3-11,17,20-21H,12-15H2,1-2H3/t17-,20+,21-/m1/s1. The van der Waals surface area contributed by atoms with Gasteiger partial charge in [-0.1, -0.05) is 23.8 Å². The topological polar surface area (TPSA) is 93.2 Å². The van der Waals surface area contributed by atoms with Gasteiger partial charge in [-0.2, -0.15) is 0 Å². The smallest absolute Gasteiger partial charge is 0.316 e. The molecule has 0 radical (unpaired) electrons. The van der Waals surface area contributed by atoms with Crippen LogP contribution in [0.1, 0.15) is 26.2 Å². The highest BCUT2D eigenvalue weighted by Crippen LogP contribution is 2.40. The molecule has 8 nitrogen and oxygen atoms in total. The normalized spacial score (nSPS) is 23.9. The van der Waals surface area contributed by atoms with Crippen LogP contribution in [0.3, 0.4) is 0 Å². The fraction of sp³-hybridized carbons (Fsp3) is 0.333. The van der Waals surface area contributed by atoms with Crippen LogP contribution in [0, 0.1) is 17.8 Å². The number of rotatable bonds is 5. The number of allylic oxidation sites excluding steroid dienone is 2. The van der Waals surface area contributed by atoms with Gasteiger partial charge in [0.15, 0.2) is 0 Å². The molecule has 0 spiro atoms. The van der Waals surface area contributed by atoms with Gasteiger partial charge in [-0.15, -0.1) is 0 Å². The maximum absolute atomic E-state index is 12.9. The van der Waals surface area contributed by atoms with Crippen LogP contribution < -0.4 is 19.3 Å². The molecule has 1 aliphatic carbocycles. The summed E-state index contributed by atoms with van der Waals surface area (Å²) in [6.07, 6.45) is 3.26. The first-order valence-electron chi connectivity index (χ1n) is 11.7. The van der Waals surface area contributed by atoms with Crippen molar-refractivity contribution in [2.24, 2.45) is 17.8 Å². The zero-order valence-electron chi connectivity index (χ0n) is 19.6. The summed E-state index contributed by atoms with van der Waals surface area (Å²) in [7, 11) is 1.53. The van der Waals surface area contributed by atoms with Gasteiger partial charge in [-0.3, -0.25) is 24.1 Å². The lowest BCUT2D eigenvalue weighted by atomic mass is 9.82. The minimum Gasteiger partial charge on any atom is -0.495 e. The van der Waals surface area contributed by atoms with Crippen molar-refractivity contribution in [3.8, 4) is 11.5 Å². The number of imide groups is 1. The lowest BCUT2D eigenvalue weighted by Gasteiger charge is -2.19.